The zero-order valence-electron chi connectivity index (χ0n) is 20.6. The van der Waals surface area contributed by atoms with Crippen LogP contribution in [0.15, 0.2) is 36.4 Å². The van der Waals surface area contributed by atoms with Gasteiger partial charge in [-0.15, -0.1) is 10.2 Å². The van der Waals surface area contributed by atoms with Gasteiger partial charge in [0.25, 0.3) is 5.91 Å². The van der Waals surface area contributed by atoms with Crippen LogP contribution in [-0.2, 0) is 20.0 Å². The minimum atomic E-state index is -0.857. The third-order valence-electron chi connectivity index (χ3n) is 7.21. The maximum absolute atomic E-state index is 13.8. The van der Waals surface area contributed by atoms with Crippen LogP contribution >= 0.6 is 0 Å². The molecule has 1 atom stereocenters. The van der Waals surface area contributed by atoms with Gasteiger partial charge in [-0.2, -0.15) is 10.1 Å². The van der Waals surface area contributed by atoms with Crippen LogP contribution in [0, 0.1) is 17.1 Å². The van der Waals surface area contributed by atoms with E-state index in [4.69, 9.17) is 9.72 Å². The number of aryl methyl sites for hydroxylation is 2. The van der Waals surface area contributed by atoms with E-state index in [1.54, 1.807) is 38.1 Å². The van der Waals surface area contributed by atoms with Crippen molar-refractivity contribution in [2.45, 2.75) is 31.8 Å². The molecule has 1 fully saturated rings. The summed E-state index contributed by atoms with van der Waals surface area (Å²) >= 11 is 0. The lowest BCUT2D eigenvalue weighted by atomic mass is 9.88. The Morgan fingerprint density at radius 3 is 2.59 bits per heavy atom. The van der Waals surface area contributed by atoms with E-state index in [1.165, 1.54) is 16.9 Å². The highest BCUT2D eigenvalue weighted by Crippen LogP contribution is 2.43. The molecule has 4 aromatic rings. The van der Waals surface area contributed by atoms with Crippen molar-refractivity contribution in [2.75, 3.05) is 13.7 Å². The zero-order chi connectivity index (χ0) is 25.9. The molecule has 2 aromatic carbocycles. The second kappa shape index (κ2) is 8.23. The van der Waals surface area contributed by atoms with Gasteiger partial charge in [0.05, 0.1) is 37.2 Å². The lowest BCUT2D eigenvalue weighted by Crippen LogP contribution is -2.59. The van der Waals surface area contributed by atoms with E-state index >= 15 is 0 Å². The topological polar surface area (TPSA) is 115 Å². The van der Waals surface area contributed by atoms with Gasteiger partial charge < -0.3 is 14.2 Å². The third-order valence-corrected chi connectivity index (χ3v) is 7.21. The second-order valence-electron chi connectivity index (χ2n) is 9.45. The molecule has 0 unspecified atom stereocenters. The van der Waals surface area contributed by atoms with Crippen molar-refractivity contribution in [1.29, 1.82) is 5.26 Å². The Kier molecular flexibility index (Phi) is 5.08. The quantitative estimate of drug-likeness (QED) is 0.424. The standard InChI is InChI=1S/C26H23FN8O2/c1-26(14-28)9-11-35(26)25(36)24-29-21(15-4-6-17(27)7-5-15)22-18-13-19(23-30-32-33(2)31-23)20(37-3)12-16(18)8-10-34(22)24/h4-7,12-13H,8-11H2,1-3H3/t26-/m1/s1. The largest absolute Gasteiger partial charge is 0.496 e. The number of methoxy groups -OCH3 is 1. The smallest absolute Gasteiger partial charge is 0.291 e. The number of hydrogen-bond donors (Lipinski definition) is 0. The molecule has 186 valence electrons. The highest BCUT2D eigenvalue weighted by Gasteiger charge is 2.46. The number of aromatic nitrogens is 6. The molecule has 0 radical (unpaired) electrons. The summed E-state index contributed by atoms with van der Waals surface area (Å²) in [5, 5.41) is 22.1. The number of hydrogen-bond acceptors (Lipinski definition) is 7. The van der Waals surface area contributed by atoms with Crippen molar-refractivity contribution in [3.8, 4) is 45.7 Å². The van der Waals surface area contributed by atoms with Crippen LogP contribution in [0.4, 0.5) is 4.39 Å². The Balaban J connectivity index is 1.57. The van der Waals surface area contributed by atoms with E-state index in [1.807, 2.05) is 16.7 Å². The molecule has 0 aliphatic carbocycles. The van der Waals surface area contributed by atoms with Gasteiger partial charge in [0.15, 0.2) is 5.82 Å². The van der Waals surface area contributed by atoms with E-state index in [9.17, 15) is 14.4 Å². The van der Waals surface area contributed by atoms with Gasteiger partial charge in [-0.3, -0.25) is 4.79 Å². The molecule has 1 saturated heterocycles. The van der Waals surface area contributed by atoms with Gasteiger partial charge in [-0.1, -0.05) is 0 Å². The Morgan fingerprint density at radius 1 is 1.19 bits per heavy atom. The third kappa shape index (κ3) is 3.48. The number of halogens is 1. The Bertz CT molecular complexity index is 1600. The summed E-state index contributed by atoms with van der Waals surface area (Å²) < 4.78 is 21.3. The van der Waals surface area contributed by atoms with Crippen molar-refractivity contribution < 1.29 is 13.9 Å². The number of nitriles is 1. The molecule has 37 heavy (non-hydrogen) atoms. The molecule has 11 heteroatoms. The number of ether oxygens (including phenoxy) is 1. The SMILES string of the molecule is COc1cc2c(cc1-c1nnn(C)n1)-c1c(-c3ccc(F)cc3)nc(C(=O)N3CC[C@]3(C)C#N)n1CC2. The number of likely N-dealkylation sites (tertiary alicyclic amines) is 1. The normalized spacial score (nSPS) is 18.0. The fraction of sp³-hybridized carbons (Fsp3) is 0.308. The van der Waals surface area contributed by atoms with Crippen LogP contribution in [0.25, 0.3) is 33.9 Å². The van der Waals surface area contributed by atoms with Gasteiger partial charge in [-0.05, 0) is 60.5 Å². The van der Waals surface area contributed by atoms with Crippen molar-refractivity contribution in [3.05, 3.63) is 53.6 Å². The Morgan fingerprint density at radius 2 is 1.97 bits per heavy atom. The average Bonchev–Trinajstić information content (AvgIpc) is 3.51. The number of carbonyl (C=O) groups is 1. The summed E-state index contributed by atoms with van der Waals surface area (Å²) in [6.45, 7) is 2.77. The molecule has 1 amide bonds. The van der Waals surface area contributed by atoms with Crippen molar-refractivity contribution in [3.63, 3.8) is 0 Å². The van der Waals surface area contributed by atoms with Crippen LogP contribution in [0.1, 0.15) is 29.5 Å². The van der Waals surface area contributed by atoms with Crippen molar-refractivity contribution >= 4 is 5.91 Å². The number of tetrazole rings is 1. The molecule has 0 spiro atoms. The van der Waals surface area contributed by atoms with Crippen molar-refractivity contribution in [2.24, 2.45) is 7.05 Å². The highest BCUT2D eigenvalue weighted by molar-refractivity contribution is 5.96. The molecular formula is C26H23FN8O2. The summed E-state index contributed by atoms with van der Waals surface area (Å²) in [7, 11) is 3.28. The highest BCUT2D eigenvalue weighted by atomic mass is 19.1. The average molecular weight is 499 g/mol. The summed E-state index contributed by atoms with van der Waals surface area (Å²) in [4.78, 5) is 21.4. The fourth-order valence-corrected chi connectivity index (χ4v) is 5.05. The molecule has 0 saturated carbocycles. The van der Waals surface area contributed by atoms with Crippen LogP contribution in [-0.4, -0.2) is 59.8 Å². The number of fused-ring (bicyclic) bond motifs is 3. The van der Waals surface area contributed by atoms with Crippen LogP contribution in [0.2, 0.25) is 0 Å². The minimum absolute atomic E-state index is 0.260. The van der Waals surface area contributed by atoms with E-state index in [-0.39, 0.29) is 17.5 Å². The van der Waals surface area contributed by atoms with Crippen LogP contribution < -0.4 is 4.74 Å². The van der Waals surface area contributed by atoms with E-state index in [2.05, 4.69) is 21.5 Å². The Hall–Kier alpha value is -4.59. The predicted octanol–water partition coefficient (Wildman–Crippen LogP) is 3.24. The van der Waals surface area contributed by atoms with Gasteiger partial charge >= 0.3 is 0 Å². The second-order valence-corrected chi connectivity index (χ2v) is 9.45. The first-order valence-electron chi connectivity index (χ1n) is 11.9. The molecule has 4 heterocycles. The maximum Gasteiger partial charge on any atom is 0.291 e. The molecular weight excluding hydrogens is 475 g/mol. The molecule has 0 bridgehead atoms. The van der Waals surface area contributed by atoms with Gasteiger partial charge in [0, 0.05) is 30.6 Å². The lowest BCUT2D eigenvalue weighted by molar-refractivity contribution is 0.0287. The molecule has 6 rings (SSSR count). The van der Waals surface area contributed by atoms with Gasteiger partial charge in [0.2, 0.25) is 5.82 Å². The first-order chi connectivity index (χ1) is 17.8. The number of rotatable bonds is 4. The van der Waals surface area contributed by atoms with Crippen LogP contribution in [0.3, 0.4) is 0 Å². The first-order valence-corrected chi connectivity index (χ1v) is 11.9. The van der Waals surface area contributed by atoms with Crippen molar-refractivity contribution in [1.82, 2.24) is 34.7 Å². The summed E-state index contributed by atoms with van der Waals surface area (Å²) in [6, 6.07) is 12.2. The Labute approximate surface area is 211 Å². The van der Waals surface area contributed by atoms with E-state index < -0.39 is 5.54 Å². The lowest BCUT2D eigenvalue weighted by Gasteiger charge is -2.45. The number of amides is 1. The monoisotopic (exact) mass is 498 g/mol. The molecule has 10 nitrogen and oxygen atoms in total. The summed E-state index contributed by atoms with van der Waals surface area (Å²) in [6.07, 6.45) is 1.26. The van der Waals surface area contributed by atoms with E-state index in [0.29, 0.717) is 54.3 Å². The number of imidazole rings is 1. The maximum atomic E-state index is 13.8. The molecule has 2 aliphatic rings. The van der Waals surface area contributed by atoms with Gasteiger partial charge in [0.1, 0.15) is 17.1 Å². The number of nitrogens with zero attached hydrogens (tertiary/aromatic N) is 8. The summed E-state index contributed by atoms with van der Waals surface area (Å²) in [5.74, 6) is 0.627. The first kappa shape index (κ1) is 22.8. The van der Waals surface area contributed by atoms with E-state index in [0.717, 1.165) is 16.8 Å². The molecule has 2 aliphatic heterocycles. The fourth-order valence-electron chi connectivity index (χ4n) is 5.05. The summed E-state index contributed by atoms with van der Waals surface area (Å²) in [5.41, 5.74) is 3.65. The number of carbonyl (C=O) groups excluding carboxylic acids is 1. The predicted molar refractivity (Wildman–Crippen MR) is 131 cm³/mol. The van der Waals surface area contributed by atoms with Gasteiger partial charge in [-0.25, -0.2) is 9.37 Å². The van der Waals surface area contributed by atoms with Crippen LogP contribution in [0.5, 0.6) is 5.75 Å². The zero-order valence-corrected chi connectivity index (χ0v) is 20.6. The minimum Gasteiger partial charge on any atom is -0.496 e. The molecule has 0 N–H and O–H groups in total. The molecule has 2 aromatic heterocycles. The number of benzene rings is 2.